The summed E-state index contributed by atoms with van der Waals surface area (Å²) in [4.78, 5) is 0.215. The molecule has 1 aromatic carbocycles. The molecule has 7 heteroatoms. The van der Waals surface area contributed by atoms with Crippen LogP contribution in [0.5, 0.6) is 0 Å². The molecule has 4 nitrogen and oxygen atoms in total. The number of benzene rings is 1. The second-order valence-electron chi connectivity index (χ2n) is 5.09. The molecule has 1 aliphatic heterocycles. The Hall–Kier alpha value is -0.330. The maximum atomic E-state index is 12.6. The number of halogens is 2. The van der Waals surface area contributed by atoms with Gasteiger partial charge in [-0.3, -0.25) is 0 Å². The standard InChI is InChI=1S/C14H21ClN2O2S.ClH/c1-2-16-11-12-7-9-17(10-8-12)20(18,19)14-6-4-3-5-13(14)15;/h3-6,12,16H,2,7-11H2,1H3;1H. The summed E-state index contributed by atoms with van der Waals surface area (Å²) in [5.74, 6) is 0.563. The van der Waals surface area contributed by atoms with E-state index in [1.807, 2.05) is 0 Å². The van der Waals surface area contributed by atoms with E-state index in [4.69, 9.17) is 11.6 Å². The van der Waals surface area contributed by atoms with Crippen molar-refractivity contribution in [1.29, 1.82) is 0 Å². The minimum Gasteiger partial charge on any atom is -0.317 e. The van der Waals surface area contributed by atoms with Crippen molar-refractivity contribution in [3.63, 3.8) is 0 Å². The highest BCUT2D eigenvalue weighted by atomic mass is 35.5. The first-order valence-electron chi connectivity index (χ1n) is 7.01. The predicted molar refractivity (Wildman–Crippen MR) is 88.7 cm³/mol. The summed E-state index contributed by atoms with van der Waals surface area (Å²) >= 11 is 6.01. The number of piperidine rings is 1. The van der Waals surface area contributed by atoms with E-state index in [0.717, 1.165) is 25.9 Å². The van der Waals surface area contributed by atoms with Crippen LogP contribution in [0.2, 0.25) is 5.02 Å². The van der Waals surface area contributed by atoms with Crippen LogP contribution in [0.1, 0.15) is 19.8 Å². The van der Waals surface area contributed by atoms with Gasteiger partial charge in [0.2, 0.25) is 10.0 Å². The number of hydrogen-bond donors (Lipinski definition) is 1. The largest absolute Gasteiger partial charge is 0.317 e. The van der Waals surface area contributed by atoms with Gasteiger partial charge in [0.05, 0.1) is 5.02 Å². The summed E-state index contributed by atoms with van der Waals surface area (Å²) in [5, 5.41) is 3.62. The van der Waals surface area contributed by atoms with Crippen LogP contribution in [0.15, 0.2) is 29.2 Å². The van der Waals surface area contributed by atoms with Gasteiger partial charge in [0.15, 0.2) is 0 Å². The van der Waals surface area contributed by atoms with Crippen LogP contribution < -0.4 is 5.32 Å². The Balaban J connectivity index is 0.00000220. The average molecular weight is 353 g/mol. The second kappa shape index (κ2) is 8.34. The highest BCUT2D eigenvalue weighted by Gasteiger charge is 2.30. The van der Waals surface area contributed by atoms with Crippen molar-refractivity contribution in [3.05, 3.63) is 29.3 Å². The summed E-state index contributed by atoms with van der Waals surface area (Å²) in [5.41, 5.74) is 0. The second-order valence-corrected chi connectivity index (χ2v) is 7.40. The van der Waals surface area contributed by atoms with Crippen LogP contribution in [0.25, 0.3) is 0 Å². The lowest BCUT2D eigenvalue weighted by Gasteiger charge is -2.31. The number of sulfonamides is 1. The molecule has 1 aromatic rings. The summed E-state index contributed by atoms with van der Waals surface area (Å²) in [6.07, 6.45) is 1.80. The lowest BCUT2D eigenvalue weighted by Crippen LogP contribution is -2.40. The van der Waals surface area contributed by atoms with Gasteiger partial charge in [-0.15, -0.1) is 12.4 Å². The molecule has 1 aliphatic rings. The number of nitrogens with one attached hydrogen (secondary N) is 1. The Bertz CT molecular complexity index is 544. The predicted octanol–water partition coefficient (Wildman–Crippen LogP) is 2.77. The Morgan fingerprint density at radius 2 is 1.90 bits per heavy atom. The van der Waals surface area contributed by atoms with Crippen molar-refractivity contribution >= 4 is 34.0 Å². The molecule has 0 radical (unpaired) electrons. The highest BCUT2D eigenvalue weighted by molar-refractivity contribution is 7.89. The van der Waals surface area contributed by atoms with E-state index in [2.05, 4.69) is 12.2 Å². The van der Waals surface area contributed by atoms with Gasteiger partial charge in [0, 0.05) is 13.1 Å². The first-order chi connectivity index (χ1) is 9.55. The van der Waals surface area contributed by atoms with E-state index in [0.29, 0.717) is 24.0 Å². The molecule has 0 atom stereocenters. The third-order valence-corrected chi connectivity index (χ3v) is 6.11. The van der Waals surface area contributed by atoms with Crippen LogP contribution >= 0.6 is 24.0 Å². The summed E-state index contributed by atoms with van der Waals surface area (Å²) in [6.45, 7) is 5.15. The molecule has 120 valence electrons. The van der Waals surface area contributed by atoms with Crippen molar-refractivity contribution in [2.45, 2.75) is 24.7 Å². The number of rotatable bonds is 5. The molecule has 1 heterocycles. The molecule has 0 spiro atoms. The quantitative estimate of drug-likeness (QED) is 0.886. The van der Waals surface area contributed by atoms with E-state index in [1.165, 1.54) is 0 Å². The highest BCUT2D eigenvalue weighted by Crippen LogP contribution is 2.27. The van der Waals surface area contributed by atoms with Crippen LogP contribution in [0.3, 0.4) is 0 Å². The van der Waals surface area contributed by atoms with Crippen molar-refractivity contribution in [2.75, 3.05) is 26.2 Å². The summed E-state index contributed by atoms with van der Waals surface area (Å²) < 4.78 is 26.7. The van der Waals surface area contributed by atoms with Gasteiger partial charge in [-0.25, -0.2) is 8.42 Å². The lowest BCUT2D eigenvalue weighted by molar-refractivity contribution is 0.268. The molecule has 0 aliphatic carbocycles. The third-order valence-electron chi connectivity index (χ3n) is 3.71. The molecule has 0 unspecified atom stereocenters. The summed E-state index contributed by atoms with van der Waals surface area (Å²) in [7, 11) is -3.46. The van der Waals surface area contributed by atoms with Crippen LogP contribution in [-0.2, 0) is 10.0 Å². The molecule has 0 bridgehead atoms. The van der Waals surface area contributed by atoms with Crippen LogP contribution in [-0.4, -0.2) is 38.9 Å². The van der Waals surface area contributed by atoms with Gasteiger partial charge >= 0.3 is 0 Å². The molecule has 21 heavy (non-hydrogen) atoms. The zero-order chi connectivity index (χ0) is 14.6. The van der Waals surface area contributed by atoms with Gasteiger partial charge in [-0.1, -0.05) is 30.7 Å². The Morgan fingerprint density at radius 3 is 2.48 bits per heavy atom. The molecular formula is C14H22Cl2N2O2S. The number of nitrogens with zero attached hydrogens (tertiary/aromatic N) is 1. The number of hydrogen-bond acceptors (Lipinski definition) is 3. The molecule has 0 amide bonds. The topological polar surface area (TPSA) is 49.4 Å². The zero-order valence-corrected chi connectivity index (χ0v) is 14.5. The maximum Gasteiger partial charge on any atom is 0.244 e. The molecular weight excluding hydrogens is 331 g/mol. The monoisotopic (exact) mass is 352 g/mol. The first kappa shape index (κ1) is 18.7. The Morgan fingerprint density at radius 1 is 1.29 bits per heavy atom. The Kier molecular flexibility index (Phi) is 7.44. The van der Waals surface area contributed by atoms with Gasteiger partial charge in [0.1, 0.15) is 4.90 Å². The maximum absolute atomic E-state index is 12.6. The van der Waals surface area contributed by atoms with Gasteiger partial charge in [-0.05, 0) is 44.0 Å². The van der Waals surface area contributed by atoms with Crippen LogP contribution in [0, 0.1) is 5.92 Å². The van der Waals surface area contributed by atoms with Crippen molar-refractivity contribution in [3.8, 4) is 0 Å². The fraction of sp³-hybridized carbons (Fsp3) is 0.571. The fourth-order valence-corrected chi connectivity index (χ4v) is 4.46. The zero-order valence-electron chi connectivity index (χ0n) is 12.1. The van der Waals surface area contributed by atoms with E-state index >= 15 is 0 Å². The molecule has 1 fully saturated rings. The molecule has 2 rings (SSSR count). The molecule has 0 saturated carbocycles. The van der Waals surface area contributed by atoms with Crippen LogP contribution in [0.4, 0.5) is 0 Å². The van der Waals surface area contributed by atoms with E-state index < -0.39 is 10.0 Å². The van der Waals surface area contributed by atoms with Crippen molar-refractivity contribution in [1.82, 2.24) is 9.62 Å². The SMILES string of the molecule is CCNCC1CCN(S(=O)(=O)c2ccccc2Cl)CC1.Cl. The molecule has 1 N–H and O–H groups in total. The fourth-order valence-electron chi connectivity index (χ4n) is 2.50. The van der Waals surface area contributed by atoms with Crippen molar-refractivity contribution in [2.24, 2.45) is 5.92 Å². The minimum atomic E-state index is -3.46. The van der Waals surface area contributed by atoms with Gasteiger partial charge in [0.25, 0.3) is 0 Å². The minimum absolute atomic E-state index is 0. The van der Waals surface area contributed by atoms with Gasteiger partial charge < -0.3 is 5.32 Å². The average Bonchev–Trinajstić information content (AvgIpc) is 2.46. The Labute approximate surface area is 138 Å². The third kappa shape index (κ3) is 4.57. The van der Waals surface area contributed by atoms with E-state index in [9.17, 15) is 8.42 Å². The molecule has 0 aromatic heterocycles. The lowest BCUT2D eigenvalue weighted by atomic mass is 9.98. The molecule has 1 saturated heterocycles. The van der Waals surface area contributed by atoms with E-state index in [-0.39, 0.29) is 17.3 Å². The van der Waals surface area contributed by atoms with Crippen molar-refractivity contribution < 1.29 is 8.42 Å². The normalized spacial score (nSPS) is 17.4. The van der Waals surface area contributed by atoms with Gasteiger partial charge in [-0.2, -0.15) is 4.31 Å². The smallest absolute Gasteiger partial charge is 0.244 e. The summed E-state index contributed by atoms with van der Waals surface area (Å²) in [6, 6.07) is 6.63. The van der Waals surface area contributed by atoms with E-state index in [1.54, 1.807) is 28.6 Å². The first-order valence-corrected chi connectivity index (χ1v) is 8.83.